The lowest BCUT2D eigenvalue weighted by atomic mass is 10.1. The number of aryl methyl sites for hydroxylation is 1. The Hall–Kier alpha value is -2.73. The highest BCUT2D eigenvalue weighted by Crippen LogP contribution is 2.29. The van der Waals surface area contributed by atoms with Crippen LogP contribution in [-0.4, -0.2) is 57.8 Å². The van der Waals surface area contributed by atoms with Gasteiger partial charge in [-0.2, -0.15) is 22.1 Å². The Morgan fingerprint density at radius 1 is 1.40 bits per heavy atom. The molecule has 3 rings (SSSR count). The van der Waals surface area contributed by atoms with E-state index in [1.54, 1.807) is 19.2 Å². The Bertz CT molecular complexity index is 943. The summed E-state index contributed by atoms with van der Waals surface area (Å²) in [6.45, 7) is 7.15. The summed E-state index contributed by atoms with van der Waals surface area (Å²) in [6.07, 6.45) is 1.38. The molecule has 3 N–H and O–H groups in total. The van der Waals surface area contributed by atoms with E-state index >= 15 is 0 Å². The third-order valence-electron chi connectivity index (χ3n) is 4.99. The predicted molar refractivity (Wildman–Crippen MR) is 120 cm³/mol. The number of nitrogens with one attached hydrogen (secondary N) is 1. The predicted octanol–water partition coefficient (Wildman–Crippen LogP) is 2.80. The van der Waals surface area contributed by atoms with Crippen molar-refractivity contribution in [1.82, 2.24) is 20.0 Å². The zero-order valence-corrected chi connectivity index (χ0v) is 18.5. The Balaban J connectivity index is 1.61. The minimum absolute atomic E-state index is 0.211. The molecule has 0 atom stereocenters. The molecular weight excluding hydrogens is 401 g/mol. The molecule has 1 fully saturated rings. The first-order valence-corrected chi connectivity index (χ1v) is 11.0. The number of anilines is 1. The topological polar surface area (TPSA) is 95.3 Å². The van der Waals surface area contributed by atoms with Crippen LogP contribution in [0.5, 0.6) is 0 Å². The number of guanidine groups is 1. The average Bonchev–Trinajstić information content (AvgIpc) is 3.03. The first-order chi connectivity index (χ1) is 14.3. The Morgan fingerprint density at radius 2 is 2.13 bits per heavy atom. The molecule has 0 amide bonds. The van der Waals surface area contributed by atoms with Crippen molar-refractivity contribution < 1.29 is 4.39 Å². The second-order valence-electron chi connectivity index (χ2n) is 7.81. The van der Waals surface area contributed by atoms with E-state index in [1.165, 1.54) is 16.8 Å². The van der Waals surface area contributed by atoms with Gasteiger partial charge in [0.15, 0.2) is 5.96 Å². The van der Waals surface area contributed by atoms with Crippen LogP contribution in [0.4, 0.5) is 10.2 Å². The molecule has 0 bridgehead atoms. The van der Waals surface area contributed by atoms with Crippen LogP contribution in [0.15, 0.2) is 29.3 Å². The molecule has 0 radical (unpaired) electrons. The van der Waals surface area contributed by atoms with Gasteiger partial charge in [-0.05, 0) is 51.0 Å². The summed E-state index contributed by atoms with van der Waals surface area (Å²) < 4.78 is 14.9. The Morgan fingerprint density at radius 3 is 2.77 bits per heavy atom. The van der Waals surface area contributed by atoms with Crippen molar-refractivity contribution in [2.75, 3.05) is 38.2 Å². The number of halogens is 1. The monoisotopic (exact) mass is 429 g/mol. The average molecular weight is 430 g/mol. The summed E-state index contributed by atoms with van der Waals surface area (Å²) in [4.78, 5) is 6.71. The van der Waals surface area contributed by atoms with Crippen LogP contribution >= 0.6 is 11.8 Å². The van der Waals surface area contributed by atoms with Crippen molar-refractivity contribution in [1.29, 1.82) is 5.26 Å². The van der Waals surface area contributed by atoms with Gasteiger partial charge < -0.3 is 16.0 Å². The maximum Gasteiger partial charge on any atom is 0.193 e. The third-order valence-corrected chi connectivity index (χ3v) is 6.28. The summed E-state index contributed by atoms with van der Waals surface area (Å²) in [5.41, 5.74) is 7.77. The number of nitriles is 1. The number of nitrogen functional groups attached to an aromatic ring is 1. The van der Waals surface area contributed by atoms with Crippen molar-refractivity contribution in [3.05, 3.63) is 41.3 Å². The van der Waals surface area contributed by atoms with Gasteiger partial charge in [0, 0.05) is 37.2 Å². The molecule has 1 aliphatic heterocycles. The van der Waals surface area contributed by atoms with Gasteiger partial charge in [0.05, 0.1) is 11.4 Å². The number of benzene rings is 1. The molecule has 160 valence electrons. The maximum absolute atomic E-state index is 13.2. The van der Waals surface area contributed by atoms with E-state index in [0.29, 0.717) is 29.9 Å². The van der Waals surface area contributed by atoms with Crippen LogP contribution in [-0.2, 0) is 6.42 Å². The lowest BCUT2D eigenvalue weighted by Crippen LogP contribution is -2.51. The molecule has 30 heavy (non-hydrogen) atoms. The Kier molecular flexibility index (Phi) is 6.87. The molecule has 0 aliphatic carbocycles. The number of aromatic nitrogens is 2. The summed E-state index contributed by atoms with van der Waals surface area (Å²) >= 11 is 1.99. The van der Waals surface area contributed by atoms with Crippen molar-refractivity contribution in [2.24, 2.45) is 4.99 Å². The summed E-state index contributed by atoms with van der Waals surface area (Å²) in [5.74, 6) is 1.93. The minimum atomic E-state index is -0.333. The maximum atomic E-state index is 13.2. The third kappa shape index (κ3) is 5.05. The number of nitrogens with two attached hydrogens (primary N) is 1. The number of rotatable bonds is 5. The van der Waals surface area contributed by atoms with E-state index in [1.807, 2.05) is 11.8 Å². The van der Waals surface area contributed by atoms with Crippen LogP contribution in [0, 0.1) is 17.1 Å². The van der Waals surface area contributed by atoms with E-state index in [0.717, 1.165) is 31.2 Å². The highest BCUT2D eigenvalue weighted by molar-refractivity contribution is 8.00. The highest BCUT2D eigenvalue weighted by Gasteiger charge is 2.28. The fraction of sp³-hybridized carbons (Fsp3) is 0.476. The van der Waals surface area contributed by atoms with Gasteiger partial charge >= 0.3 is 0 Å². The lowest BCUT2D eigenvalue weighted by molar-refractivity contribution is 0.375. The van der Waals surface area contributed by atoms with Crippen molar-refractivity contribution >= 4 is 23.5 Å². The molecule has 1 saturated heterocycles. The van der Waals surface area contributed by atoms with Crippen LogP contribution in [0.25, 0.3) is 5.69 Å². The first kappa shape index (κ1) is 22.0. The van der Waals surface area contributed by atoms with E-state index in [9.17, 15) is 9.65 Å². The second kappa shape index (κ2) is 9.39. The highest BCUT2D eigenvalue weighted by atomic mass is 32.2. The number of hydrogen-bond acceptors (Lipinski definition) is 5. The van der Waals surface area contributed by atoms with E-state index in [2.05, 4.69) is 40.2 Å². The molecule has 1 aromatic carbocycles. The summed E-state index contributed by atoms with van der Waals surface area (Å²) in [5, 5.41) is 17.4. The molecule has 0 spiro atoms. The molecule has 1 aromatic heterocycles. The van der Waals surface area contributed by atoms with Crippen molar-refractivity contribution in [2.45, 2.75) is 31.4 Å². The second-order valence-corrected chi connectivity index (χ2v) is 9.62. The normalized spacial score (nSPS) is 16.4. The number of thioether (sulfide) groups is 1. The first-order valence-electron chi connectivity index (χ1n) is 9.97. The van der Waals surface area contributed by atoms with Gasteiger partial charge in [0.1, 0.15) is 23.3 Å². The Labute approximate surface area is 181 Å². The zero-order chi connectivity index (χ0) is 21.7. The van der Waals surface area contributed by atoms with Crippen LogP contribution in [0.1, 0.15) is 31.5 Å². The van der Waals surface area contributed by atoms with Crippen LogP contribution < -0.4 is 11.1 Å². The van der Waals surface area contributed by atoms with Gasteiger partial charge in [-0.1, -0.05) is 0 Å². The molecule has 2 heterocycles. The number of hydrogen-bond donors (Lipinski definition) is 2. The van der Waals surface area contributed by atoms with Crippen LogP contribution in [0.2, 0.25) is 0 Å². The van der Waals surface area contributed by atoms with Gasteiger partial charge in [-0.3, -0.25) is 4.99 Å². The molecular formula is C21H28FN7S. The van der Waals surface area contributed by atoms with Crippen molar-refractivity contribution in [3.8, 4) is 11.8 Å². The van der Waals surface area contributed by atoms with E-state index in [4.69, 9.17) is 5.73 Å². The fourth-order valence-electron chi connectivity index (χ4n) is 3.54. The van der Waals surface area contributed by atoms with E-state index < -0.39 is 0 Å². The van der Waals surface area contributed by atoms with Gasteiger partial charge in [0.25, 0.3) is 0 Å². The van der Waals surface area contributed by atoms with Gasteiger partial charge in [-0.15, -0.1) is 0 Å². The van der Waals surface area contributed by atoms with Crippen LogP contribution in [0.3, 0.4) is 0 Å². The van der Waals surface area contributed by atoms with E-state index in [-0.39, 0.29) is 16.4 Å². The smallest absolute Gasteiger partial charge is 0.193 e. The summed E-state index contributed by atoms with van der Waals surface area (Å²) in [7, 11) is 1.80. The minimum Gasteiger partial charge on any atom is -0.382 e. The molecule has 1 aliphatic rings. The zero-order valence-electron chi connectivity index (χ0n) is 17.7. The molecule has 2 aromatic rings. The SMILES string of the molecule is CN=C(NCCCc1nn(-c2ccc(F)cc2)c(N)c1C#N)N1CCSC(C)(C)C1. The lowest BCUT2D eigenvalue weighted by Gasteiger charge is -2.39. The molecule has 0 unspecified atom stereocenters. The summed E-state index contributed by atoms with van der Waals surface area (Å²) in [6, 6.07) is 8.02. The standard InChI is InChI=1S/C21H28FN7S/c1-21(2)14-28(11-12-30-21)20(25-3)26-10-4-5-18-17(13-23)19(24)29(27-18)16-8-6-15(22)7-9-16/h6-9H,4-5,10-12,14,24H2,1-3H3,(H,25,26). The molecule has 9 heteroatoms. The number of nitrogens with zero attached hydrogens (tertiary/aromatic N) is 5. The number of aliphatic imine (C=N–C) groups is 1. The largest absolute Gasteiger partial charge is 0.382 e. The van der Waals surface area contributed by atoms with Gasteiger partial charge in [-0.25, -0.2) is 9.07 Å². The molecule has 0 saturated carbocycles. The molecule has 7 nitrogen and oxygen atoms in total. The fourth-order valence-corrected chi connectivity index (χ4v) is 4.65. The van der Waals surface area contributed by atoms with Gasteiger partial charge in [0.2, 0.25) is 0 Å². The van der Waals surface area contributed by atoms with Crippen molar-refractivity contribution in [3.63, 3.8) is 0 Å². The quantitative estimate of drug-likeness (QED) is 0.431.